The fourth-order valence-corrected chi connectivity index (χ4v) is 1.75. The van der Waals surface area contributed by atoms with Crippen molar-refractivity contribution in [1.29, 1.82) is 0 Å². The molecule has 1 heterocycles. The summed E-state index contributed by atoms with van der Waals surface area (Å²) in [6, 6.07) is 11.3. The monoisotopic (exact) mass is 256 g/mol. The minimum Gasteiger partial charge on any atom is -0.481 e. The largest absolute Gasteiger partial charge is 0.481 e. The highest BCUT2D eigenvalue weighted by atomic mass is 16.5. The normalized spacial score (nSPS) is 10.0. The van der Waals surface area contributed by atoms with Crippen molar-refractivity contribution >= 4 is 5.91 Å². The van der Waals surface area contributed by atoms with E-state index in [0.717, 1.165) is 11.1 Å². The molecule has 0 atom stereocenters. The van der Waals surface area contributed by atoms with Gasteiger partial charge in [-0.2, -0.15) is 0 Å². The van der Waals surface area contributed by atoms with Gasteiger partial charge < -0.3 is 10.1 Å². The van der Waals surface area contributed by atoms with E-state index in [1.54, 1.807) is 18.3 Å². The smallest absolute Gasteiger partial charge is 0.251 e. The van der Waals surface area contributed by atoms with Crippen molar-refractivity contribution in [2.75, 3.05) is 7.11 Å². The van der Waals surface area contributed by atoms with Crippen molar-refractivity contribution in [2.24, 2.45) is 0 Å². The minimum atomic E-state index is -0.135. The molecule has 0 fully saturated rings. The van der Waals surface area contributed by atoms with Crippen LogP contribution in [0.5, 0.6) is 5.88 Å². The molecule has 0 aliphatic heterocycles. The first-order chi connectivity index (χ1) is 9.20. The standard InChI is InChI=1S/C15H16N2O2/c1-11-5-3-4-6-13(11)10-17-15(18)12-7-8-16-14(9-12)19-2/h3-9H,10H2,1-2H3,(H,17,18). The van der Waals surface area contributed by atoms with Gasteiger partial charge in [-0.05, 0) is 24.1 Å². The molecular formula is C15H16N2O2. The van der Waals surface area contributed by atoms with Gasteiger partial charge in [-0.15, -0.1) is 0 Å². The van der Waals surface area contributed by atoms with Gasteiger partial charge >= 0.3 is 0 Å². The Morgan fingerprint density at radius 2 is 2.11 bits per heavy atom. The highest BCUT2D eigenvalue weighted by Gasteiger charge is 2.07. The van der Waals surface area contributed by atoms with E-state index < -0.39 is 0 Å². The Hall–Kier alpha value is -2.36. The third-order valence-corrected chi connectivity index (χ3v) is 2.91. The summed E-state index contributed by atoms with van der Waals surface area (Å²) in [5.41, 5.74) is 2.81. The van der Waals surface area contributed by atoms with Crippen LogP contribution in [-0.4, -0.2) is 18.0 Å². The molecular weight excluding hydrogens is 240 g/mol. The summed E-state index contributed by atoms with van der Waals surface area (Å²) in [7, 11) is 1.53. The number of ether oxygens (including phenoxy) is 1. The molecule has 98 valence electrons. The maximum Gasteiger partial charge on any atom is 0.251 e. The number of carbonyl (C=O) groups excluding carboxylic acids is 1. The Labute approximate surface area is 112 Å². The second-order valence-corrected chi connectivity index (χ2v) is 4.20. The van der Waals surface area contributed by atoms with Crippen LogP contribution in [-0.2, 0) is 6.54 Å². The minimum absolute atomic E-state index is 0.135. The molecule has 4 heteroatoms. The second kappa shape index (κ2) is 6.00. The number of aryl methyl sites for hydroxylation is 1. The Kier molecular flexibility index (Phi) is 4.13. The Morgan fingerprint density at radius 3 is 2.84 bits per heavy atom. The number of pyridine rings is 1. The second-order valence-electron chi connectivity index (χ2n) is 4.20. The van der Waals surface area contributed by atoms with Crippen LogP contribution in [0.4, 0.5) is 0 Å². The molecule has 0 radical (unpaired) electrons. The van der Waals surface area contributed by atoms with Gasteiger partial charge in [0.05, 0.1) is 7.11 Å². The van der Waals surface area contributed by atoms with Crippen LogP contribution in [0.3, 0.4) is 0 Å². The van der Waals surface area contributed by atoms with E-state index in [1.165, 1.54) is 7.11 Å². The molecule has 2 rings (SSSR count). The molecule has 0 spiro atoms. The van der Waals surface area contributed by atoms with Crippen molar-refractivity contribution in [3.63, 3.8) is 0 Å². The van der Waals surface area contributed by atoms with Crippen LogP contribution < -0.4 is 10.1 Å². The number of rotatable bonds is 4. The van der Waals surface area contributed by atoms with Crippen molar-refractivity contribution in [1.82, 2.24) is 10.3 Å². The van der Waals surface area contributed by atoms with Crippen LogP contribution >= 0.6 is 0 Å². The van der Waals surface area contributed by atoms with E-state index in [1.807, 2.05) is 31.2 Å². The average Bonchev–Trinajstić information content (AvgIpc) is 2.46. The summed E-state index contributed by atoms with van der Waals surface area (Å²) >= 11 is 0. The van der Waals surface area contributed by atoms with Gasteiger partial charge in [-0.1, -0.05) is 24.3 Å². The predicted molar refractivity (Wildman–Crippen MR) is 73.1 cm³/mol. The Bertz CT molecular complexity index is 582. The van der Waals surface area contributed by atoms with Crippen LogP contribution in [0.1, 0.15) is 21.5 Å². The van der Waals surface area contributed by atoms with Gasteiger partial charge in [-0.3, -0.25) is 4.79 Å². The zero-order chi connectivity index (χ0) is 13.7. The molecule has 1 aromatic carbocycles. The zero-order valence-corrected chi connectivity index (χ0v) is 11.0. The van der Waals surface area contributed by atoms with Crippen LogP contribution in [0.15, 0.2) is 42.6 Å². The van der Waals surface area contributed by atoms with E-state index >= 15 is 0 Å². The maximum absolute atomic E-state index is 12.0. The van der Waals surface area contributed by atoms with Gasteiger partial charge in [0.25, 0.3) is 5.91 Å². The molecule has 1 N–H and O–H groups in total. The lowest BCUT2D eigenvalue weighted by molar-refractivity contribution is 0.0950. The van der Waals surface area contributed by atoms with E-state index in [4.69, 9.17) is 4.74 Å². The molecule has 19 heavy (non-hydrogen) atoms. The third-order valence-electron chi connectivity index (χ3n) is 2.91. The van der Waals surface area contributed by atoms with E-state index in [9.17, 15) is 4.79 Å². The molecule has 1 aromatic heterocycles. The lowest BCUT2D eigenvalue weighted by Gasteiger charge is -2.08. The number of nitrogens with zero attached hydrogens (tertiary/aromatic N) is 1. The third kappa shape index (κ3) is 3.31. The lowest BCUT2D eigenvalue weighted by atomic mass is 10.1. The first-order valence-electron chi connectivity index (χ1n) is 6.03. The summed E-state index contributed by atoms with van der Waals surface area (Å²) in [5.74, 6) is 0.299. The van der Waals surface area contributed by atoms with Crippen LogP contribution in [0.2, 0.25) is 0 Å². The summed E-state index contributed by atoms with van der Waals surface area (Å²) in [6.45, 7) is 2.53. The molecule has 0 saturated heterocycles. The van der Waals surface area contributed by atoms with Gasteiger partial charge in [0.2, 0.25) is 5.88 Å². The zero-order valence-electron chi connectivity index (χ0n) is 11.0. The molecule has 1 amide bonds. The van der Waals surface area contributed by atoms with Crippen LogP contribution in [0.25, 0.3) is 0 Å². The summed E-state index contributed by atoms with van der Waals surface area (Å²) in [6.07, 6.45) is 1.56. The molecule has 0 aliphatic rings. The summed E-state index contributed by atoms with van der Waals surface area (Å²) in [5, 5.41) is 2.89. The van der Waals surface area contributed by atoms with Crippen molar-refractivity contribution in [2.45, 2.75) is 13.5 Å². The van der Waals surface area contributed by atoms with Crippen molar-refractivity contribution in [3.8, 4) is 5.88 Å². The lowest BCUT2D eigenvalue weighted by Crippen LogP contribution is -2.23. The molecule has 0 unspecified atom stereocenters. The fourth-order valence-electron chi connectivity index (χ4n) is 1.75. The molecule has 0 saturated carbocycles. The van der Waals surface area contributed by atoms with E-state index in [2.05, 4.69) is 10.3 Å². The molecule has 4 nitrogen and oxygen atoms in total. The highest BCUT2D eigenvalue weighted by molar-refractivity contribution is 5.94. The molecule has 2 aromatic rings. The quantitative estimate of drug-likeness (QED) is 0.913. The molecule has 0 bridgehead atoms. The SMILES string of the molecule is COc1cc(C(=O)NCc2ccccc2C)ccn1. The topological polar surface area (TPSA) is 51.2 Å². The summed E-state index contributed by atoms with van der Waals surface area (Å²) in [4.78, 5) is 16.0. The number of aromatic nitrogens is 1. The Balaban J connectivity index is 2.03. The number of hydrogen-bond acceptors (Lipinski definition) is 3. The van der Waals surface area contributed by atoms with Crippen molar-refractivity contribution in [3.05, 3.63) is 59.3 Å². The van der Waals surface area contributed by atoms with Crippen molar-refractivity contribution < 1.29 is 9.53 Å². The van der Waals surface area contributed by atoms with Crippen LogP contribution in [0, 0.1) is 6.92 Å². The van der Waals surface area contributed by atoms with E-state index in [0.29, 0.717) is 18.0 Å². The van der Waals surface area contributed by atoms with Gasteiger partial charge in [-0.25, -0.2) is 4.98 Å². The van der Waals surface area contributed by atoms with E-state index in [-0.39, 0.29) is 5.91 Å². The number of hydrogen-bond donors (Lipinski definition) is 1. The predicted octanol–water partition coefficient (Wildman–Crippen LogP) is 2.33. The fraction of sp³-hybridized carbons (Fsp3) is 0.200. The number of carbonyl (C=O) groups is 1. The number of amides is 1. The first-order valence-corrected chi connectivity index (χ1v) is 6.03. The van der Waals surface area contributed by atoms with Gasteiger partial charge in [0.1, 0.15) is 0 Å². The molecule has 0 aliphatic carbocycles. The maximum atomic E-state index is 12.0. The van der Waals surface area contributed by atoms with Gasteiger partial charge in [0.15, 0.2) is 0 Å². The highest BCUT2D eigenvalue weighted by Crippen LogP contribution is 2.10. The number of benzene rings is 1. The first kappa shape index (κ1) is 13.1. The van der Waals surface area contributed by atoms with Gasteiger partial charge in [0, 0.05) is 24.4 Å². The number of methoxy groups -OCH3 is 1. The Morgan fingerprint density at radius 1 is 1.32 bits per heavy atom. The number of nitrogens with one attached hydrogen (secondary N) is 1. The average molecular weight is 256 g/mol. The summed E-state index contributed by atoms with van der Waals surface area (Å²) < 4.78 is 5.00.